The minimum absolute atomic E-state index is 0.0295. The molecule has 0 spiro atoms. The molecule has 1 unspecified atom stereocenters. The standard InChI is InChI=1S/C13H16N2O3/c16-13(9-11-5-1-2-7-14-11)10-4-3-6-12(8-10)15(17)18/h3-4,6,8,11,14H,1-2,5,7,9H2. The van der Waals surface area contributed by atoms with Crippen LogP contribution >= 0.6 is 0 Å². The molecule has 1 aromatic carbocycles. The molecule has 96 valence electrons. The Morgan fingerprint density at radius 3 is 2.94 bits per heavy atom. The molecular formula is C13H16N2O3. The zero-order chi connectivity index (χ0) is 13.0. The van der Waals surface area contributed by atoms with Gasteiger partial charge in [0.05, 0.1) is 4.92 Å². The molecule has 18 heavy (non-hydrogen) atoms. The number of hydrogen-bond acceptors (Lipinski definition) is 4. The van der Waals surface area contributed by atoms with Crippen molar-refractivity contribution < 1.29 is 9.72 Å². The average Bonchev–Trinajstić information content (AvgIpc) is 2.40. The molecule has 0 bridgehead atoms. The van der Waals surface area contributed by atoms with E-state index < -0.39 is 4.92 Å². The summed E-state index contributed by atoms with van der Waals surface area (Å²) in [5.74, 6) is -0.0295. The summed E-state index contributed by atoms with van der Waals surface area (Å²) in [6.07, 6.45) is 3.71. The molecule has 1 N–H and O–H groups in total. The molecule has 0 saturated carbocycles. The quantitative estimate of drug-likeness (QED) is 0.504. The first kappa shape index (κ1) is 12.7. The van der Waals surface area contributed by atoms with E-state index in [9.17, 15) is 14.9 Å². The fourth-order valence-electron chi connectivity index (χ4n) is 2.23. The van der Waals surface area contributed by atoms with Crippen LogP contribution < -0.4 is 5.32 Å². The Morgan fingerprint density at radius 2 is 2.28 bits per heavy atom. The van der Waals surface area contributed by atoms with E-state index in [0.717, 1.165) is 25.8 Å². The number of carbonyl (C=O) groups is 1. The van der Waals surface area contributed by atoms with Crippen molar-refractivity contribution in [3.05, 3.63) is 39.9 Å². The first-order valence-electron chi connectivity index (χ1n) is 6.18. The maximum absolute atomic E-state index is 12.0. The number of hydrogen-bond donors (Lipinski definition) is 1. The van der Waals surface area contributed by atoms with E-state index in [2.05, 4.69) is 5.32 Å². The Hall–Kier alpha value is -1.75. The van der Waals surface area contributed by atoms with Gasteiger partial charge in [-0.2, -0.15) is 0 Å². The van der Waals surface area contributed by atoms with Gasteiger partial charge in [-0.1, -0.05) is 18.6 Å². The summed E-state index contributed by atoms with van der Waals surface area (Å²) in [4.78, 5) is 22.2. The number of rotatable bonds is 4. The van der Waals surface area contributed by atoms with Gasteiger partial charge in [0, 0.05) is 30.2 Å². The number of nitro benzene ring substituents is 1. The fourth-order valence-corrected chi connectivity index (χ4v) is 2.23. The van der Waals surface area contributed by atoms with Crippen molar-refractivity contribution in [1.82, 2.24) is 5.32 Å². The van der Waals surface area contributed by atoms with Gasteiger partial charge >= 0.3 is 0 Å². The first-order valence-corrected chi connectivity index (χ1v) is 6.18. The Bertz CT molecular complexity index is 453. The lowest BCUT2D eigenvalue weighted by molar-refractivity contribution is -0.384. The smallest absolute Gasteiger partial charge is 0.270 e. The van der Waals surface area contributed by atoms with Crippen LogP contribution in [-0.2, 0) is 0 Å². The highest BCUT2D eigenvalue weighted by Gasteiger charge is 2.18. The number of nitrogens with zero attached hydrogens (tertiary/aromatic N) is 1. The number of benzene rings is 1. The fraction of sp³-hybridized carbons (Fsp3) is 0.462. The highest BCUT2D eigenvalue weighted by molar-refractivity contribution is 5.97. The summed E-state index contributed by atoms with van der Waals surface area (Å²) >= 11 is 0. The zero-order valence-electron chi connectivity index (χ0n) is 10.1. The maximum Gasteiger partial charge on any atom is 0.270 e. The van der Waals surface area contributed by atoms with Crippen LogP contribution in [0.3, 0.4) is 0 Å². The van der Waals surface area contributed by atoms with E-state index in [1.54, 1.807) is 12.1 Å². The number of piperidine rings is 1. The molecule has 0 aliphatic carbocycles. The van der Waals surface area contributed by atoms with E-state index in [0.29, 0.717) is 12.0 Å². The zero-order valence-corrected chi connectivity index (χ0v) is 10.1. The second kappa shape index (κ2) is 5.73. The van der Waals surface area contributed by atoms with Gasteiger partial charge < -0.3 is 5.32 Å². The van der Waals surface area contributed by atoms with Crippen LogP contribution in [0.15, 0.2) is 24.3 Å². The SMILES string of the molecule is O=C(CC1CCCCN1)c1cccc([N+](=O)[O-])c1. The van der Waals surface area contributed by atoms with Crippen molar-refractivity contribution in [2.45, 2.75) is 31.7 Å². The monoisotopic (exact) mass is 248 g/mol. The molecule has 5 nitrogen and oxygen atoms in total. The normalized spacial score (nSPS) is 19.4. The Labute approximate surface area is 105 Å². The highest BCUT2D eigenvalue weighted by Crippen LogP contribution is 2.17. The molecule has 1 fully saturated rings. The largest absolute Gasteiger partial charge is 0.314 e. The van der Waals surface area contributed by atoms with Gasteiger partial charge in [-0.15, -0.1) is 0 Å². The molecule has 2 rings (SSSR count). The van der Waals surface area contributed by atoms with Crippen molar-refractivity contribution in [2.24, 2.45) is 0 Å². The lowest BCUT2D eigenvalue weighted by Gasteiger charge is -2.22. The van der Waals surface area contributed by atoms with Gasteiger partial charge in [0.2, 0.25) is 0 Å². The van der Waals surface area contributed by atoms with Crippen LogP contribution in [0.4, 0.5) is 5.69 Å². The Morgan fingerprint density at radius 1 is 1.44 bits per heavy atom. The molecule has 0 amide bonds. The topological polar surface area (TPSA) is 72.2 Å². The van der Waals surface area contributed by atoms with Crippen LogP contribution in [0.5, 0.6) is 0 Å². The number of nitrogens with one attached hydrogen (secondary N) is 1. The van der Waals surface area contributed by atoms with Crippen LogP contribution in [-0.4, -0.2) is 23.3 Å². The minimum Gasteiger partial charge on any atom is -0.314 e. The van der Waals surface area contributed by atoms with E-state index in [-0.39, 0.29) is 17.5 Å². The van der Waals surface area contributed by atoms with Gasteiger partial charge in [0.1, 0.15) is 0 Å². The van der Waals surface area contributed by atoms with Crippen LogP contribution in [0, 0.1) is 10.1 Å². The lowest BCUT2D eigenvalue weighted by Crippen LogP contribution is -2.35. The van der Waals surface area contributed by atoms with E-state index in [1.165, 1.54) is 12.1 Å². The summed E-state index contributed by atoms with van der Waals surface area (Å²) in [6, 6.07) is 6.16. The van der Waals surface area contributed by atoms with Crippen molar-refractivity contribution in [1.29, 1.82) is 0 Å². The highest BCUT2D eigenvalue weighted by atomic mass is 16.6. The van der Waals surface area contributed by atoms with E-state index >= 15 is 0 Å². The van der Waals surface area contributed by atoms with Crippen molar-refractivity contribution in [2.75, 3.05) is 6.54 Å². The number of Topliss-reactive ketones (excluding diaryl/α,β-unsaturated/α-hetero) is 1. The van der Waals surface area contributed by atoms with Gasteiger partial charge in [-0.3, -0.25) is 14.9 Å². The van der Waals surface area contributed by atoms with Crippen LogP contribution in [0.25, 0.3) is 0 Å². The summed E-state index contributed by atoms with van der Waals surface area (Å²) in [7, 11) is 0. The second-order valence-corrected chi connectivity index (χ2v) is 4.58. The molecule has 1 aromatic rings. The predicted octanol–water partition coefficient (Wildman–Crippen LogP) is 2.31. The number of non-ortho nitro benzene ring substituents is 1. The molecule has 5 heteroatoms. The molecule has 1 aliphatic heterocycles. The minimum atomic E-state index is -0.477. The summed E-state index contributed by atoms with van der Waals surface area (Å²) in [6.45, 7) is 0.951. The third-order valence-corrected chi connectivity index (χ3v) is 3.22. The summed E-state index contributed by atoms with van der Waals surface area (Å²) < 4.78 is 0. The third-order valence-electron chi connectivity index (χ3n) is 3.22. The molecule has 1 aliphatic rings. The Balaban J connectivity index is 2.03. The molecule has 1 atom stereocenters. The molecule has 1 saturated heterocycles. The molecule has 0 aromatic heterocycles. The molecule has 1 heterocycles. The number of ketones is 1. The number of carbonyl (C=O) groups excluding carboxylic acids is 1. The average molecular weight is 248 g/mol. The third kappa shape index (κ3) is 3.13. The molecule has 0 radical (unpaired) electrons. The first-order chi connectivity index (χ1) is 8.66. The number of nitro groups is 1. The van der Waals surface area contributed by atoms with Gasteiger partial charge in [-0.05, 0) is 19.4 Å². The Kier molecular flexibility index (Phi) is 4.04. The predicted molar refractivity (Wildman–Crippen MR) is 67.7 cm³/mol. The summed E-state index contributed by atoms with van der Waals surface area (Å²) in [5.41, 5.74) is 0.397. The van der Waals surface area contributed by atoms with Crippen LogP contribution in [0.2, 0.25) is 0 Å². The van der Waals surface area contributed by atoms with Gasteiger partial charge in [0.25, 0.3) is 5.69 Å². The van der Waals surface area contributed by atoms with E-state index in [1.807, 2.05) is 0 Å². The van der Waals surface area contributed by atoms with Gasteiger partial charge in [-0.25, -0.2) is 0 Å². The van der Waals surface area contributed by atoms with Crippen LogP contribution in [0.1, 0.15) is 36.0 Å². The van der Waals surface area contributed by atoms with E-state index in [4.69, 9.17) is 0 Å². The maximum atomic E-state index is 12.0. The van der Waals surface area contributed by atoms with Crippen molar-refractivity contribution in [3.8, 4) is 0 Å². The lowest BCUT2D eigenvalue weighted by atomic mass is 9.97. The summed E-state index contributed by atoms with van der Waals surface area (Å²) in [5, 5.41) is 14.0. The van der Waals surface area contributed by atoms with Crippen molar-refractivity contribution in [3.63, 3.8) is 0 Å². The molecular weight excluding hydrogens is 232 g/mol. The second-order valence-electron chi connectivity index (χ2n) is 4.58. The van der Waals surface area contributed by atoms with Gasteiger partial charge in [0.15, 0.2) is 5.78 Å². The van der Waals surface area contributed by atoms with Crippen molar-refractivity contribution >= 4 is 11.5 Å².